The molecular weight excluding hydrogens is 375 g/mol. The van der Waals surface area contributed by atoms with Gasteiger partial charge in [0.15, 0.2) is 11.5 Å². The maximum absolute atomic E-state index is 13.0. The Labute approximate surface area is 169 Å². The highest BCUT2D eigenvalue weighted by atomic mass is 19.1. The number of phenols is 2. The zero-order chi connectivity index (χ0) is 20.8. The minimum absolute atomic E-state index is 0.177. The molecule has 0 aliphatic carbocycles. The first kappa shape index (κ1) is 21.1. The third kappa shape index (κ3) is 5.46. The molecule has 1 saturated heterocycles. The molecule has 1 heterocycles. The second kappa shape index (κ2) is 9.71. The van der Waals surface area contributed by atoms with Crippen LogP contribution in [0.3, 0.4) is 0 Å². The fraction of sp³-hybridized carbons (Fsp3) is 0.409. The molecular formula is C22H27FN2O4. The average Bonchev–Trinajstić information content (AvgIpc) is 3.25. The van der Waals surface area contributed by atoms with Gasteiger partial charge in [-0.05, 0) is 67.6 Å². The van der Waals surface area contributed by atoms with Crippen LogP contribution in [0.4, 0.5) is 4.39 Å². The van der Waals surface area contributed by atoms with Crippen molar-refractivity contribution in [1.82, 2.24) is 10.2 Å². The number of carbonyl (C=O) groups is 1. The number of aryl methyl sites for hydroxylation is 1. The SMILES string of the molecule is O=C(C(NCCCc1ccc(F)cc1)C(O)c1ccc(O)c(O)c1)N1CCCC1. The van der Waals surface area contributed by atoms with E-state index in [-0.39, 0.29) is 23.2 Å². The molecule has 2 unspecified atom stereocenters. The Morgan fingerprint density at radius 1 is 1.07 bits per heavy atom. The number of amides is 1. The van der Waals surface area contributed by atoms with Crippen LogP contribution in [0.1, 0.15) is 36.5 Å². The van der Waals surface area contributed by atoms with E-state index in [1.165, 1.54) is 30.3 Å². The van der Waals surface area contributed by atoms with E-state index in [0.29, 0.717) is 38.0 Å². The van der Waals surface area contributed by atoms with Crippen LogP contribution in [0, 0.1) is 5.82 Å². The Balaban J connectivity index is 1.65. The van der Waals surface area contributed by atoms with Crippen molar-refractivity contribution in [3.63, 3.8) is 0 Å². The van der Waals surface area contributed by atoms with Crippen LogP contribution in [-0.4, -0.2) is 51.8 Å². The third-order valence-corrected chi connectivity index (χ3v) is 5.26. The lowest BCUT2D eigenvalue weighted by Gasteiger charge is -2.28. The largest absolute Gasteiger partial charge is 0.504 e. The highest BCUT2D eigenvalue weighted by Gasteiger charge is 2.32. The summed E-state index contributed by atoms with van der Waals surface area (Å²) >= 11 is 0. The number of benzene rings is 2. The van der Waals surface area contributed by atoms with Gasteiger partial charge < -0.3 is 25.5 Å². The smallest absolute Gasteiger partial charge is 0.242 e. The number of nitrogens with zero attached hydrogens (tertiary/aromatic N) is 1. The zero-order valence-electron chi connectivity index (χ0n) is 16.2. The quantitative estimate of drug-likeness (QED) is 0.402. The Kier molecular flexibility index (Phi) is 7.06. The lowest BCUT2D eigenvalue weighted by molar-refractivity contribution is -0.135. The topological polar surface area (TPSA) is 93.0 Å². The van der Waals surface area contributed by atoms with Crippen LogP contribution < -0.4 is 5.32 Å². The van der Waals surface area contributed by atoms with Crippen molar-refractivity contribution in [2.24, 2.45) is 0 Å². The van der Waals surface area contributed by atoms with Gasteiger partial charge in [-0.15, -0.1) is 0 Å². The molecule has 0 aromatic heterocycles. The van der Waals surface area contributed by atoms with Gasteiger partial charge in [0.05, 0.1) is 0 Å². The third-order valence-electron chi connectivity index (χ3n) is 5.26. The number of aromatic hydroxyl groups is 2. The Morgan fingerprint density at radius 3 is 2.41 bits per heavy atom. The number of halogens is 1. The number of phenolic OH excluding ortho intramolecular Hbond substituents is 2. The molecule has 1 fully saturated rings. The van der Waals surface area contributed by atoms with Crippen molar-refractivity contribution in [2.75, 3.05) is 19.6 Å². The fourth-order valence-electron chi connectivity index (χ4n) is 3.59. The summed E-state index contributed by atoms with van der Waals surface area (Å²) in [4.78, 5) is 14.7. The number of aliphatic hydroxyl groups is 1. The number of hydrogen-bond donors (Lipinski definition) is 4. The number of nitrogens with one attached hydrogen (secondary N) is 1. The summed E-state index contributed by atoms with van der Waals surface area (Å²) < 4.78 is 13.0. The molecule has 0 radical (unpaired) electrons. The molecule has 1 aliphatic rings. The van der Waals surface area contributed by atoms with E-state index >= 15 is 0 Å². The van der Waals surface area contributed by atoms with E-state index in [1.807, 2.05) is 0 Å². The molecule has 1 aliphatic heterocycles. The maximum Gasteiger partial charge on any atom is 0.242 e. The second-order valence-electron chi connectivity index (χ2n) is 7.39. The molecule has 2 atom stereocenters. The zero-order valence-corrected chi connectivity index (χ0v) is 16.2. The van der Waals surface area contributed by atoms with Crippen LogP contribution in [0.15, 0.2) is 42.5 Å². The van der Waals surface area contributed by atoms with Gasteiger partial charge in [-0.25, -0.2) is 4.39 Å². The van der Waals surface area contributed by atoms with Gasteiger partial charge in [-0.1, -0.05) is 18.2 Å². The van der Waals surface area contributed by atoms with Crippen LogP contribution in [0.5, 0.6) is 11.5 Å². The molecule has 156 valence electrons. The summed E-state index contributed by atoms with van der Waals surface area (Å²) in [5.41, 5.74) is 1.35. The minimum atomic E-state index is -1.17. The van der Waals surface area contributed by atoms with Crippen LogP contribution in [0.25, 0.3) is 0 Å². The Morgan fingerprint density at radius 2 is 1.76 bits per heavy atom. The van der Waals surface area contributed by atoms with Crippen LogP contribution in [0.2, 0.25) is 0 Å². The predicted octanol–water partition coefficient (Wildman–Crippen LogP) is 2.48. The van der Waals surface area contributed by atoms with Crippen molar-refractivity contribution in [3.05, 3.63) is 59.4 Å². The lowest BCUT2D eigenvalue weighted by Crippen LogP contribution is -2.49. The Hall–Kier alpha value is -2.64. The molecule has 29 heavy (non-hydrogen) atoms. The molecule has 0 saturated carbocycles. The molecule has 0 spiro atoms. The van der Waals surface area contributed by atoms with E-state index < -0.39 is 12.1 Å². The van der Waals surface area contributed by atoms with Crippen molar-refractivity contribution in [3.8, 4) is 11.5 Å². The van der Waals surface area contributed by atoms with Crippen molar-refractivity contribution in [1.29, 1.82) is 0 Å². The summed E-state index contributed by atoms with van der Waals surface area (Å²) in [6.07, 6.45) is 2.15. The first-order valence-corrected chi connectivity index (χ1v) is 9.92. The number of likely N-dealkylation sites (tertiary alicyclic amines) is 1. The van der Waals surface area contributed by atoms with Gasteiger partial charge in [0.25, 0.3) is 0 Å². The van der Waals surface area contributed by atoms with Crippen molar-refractivity contribution < 1.29 is 24.5 Å². The van der Waals surface area contributed by atoms with Crippen molar-refractivity contribution >= 4 is 5.91 Å². The van der Waals surface area contributed by atoms with E-state index in [4.69, 9.17) is 0 Å². The molecule has 4 N–H and O–H groups in total. The maximum atomic E-state index is 13.0. The summed E-state index contributed by atoms with van der Waals surface area (Å²) in [5.74, 6) is -1.08. The number of rotatable bonds is 8. The highest BCUT2D eigenvalue weighted by molar-refractivity contribution is 5.83. The Bertz CT molecular complexity index is 822. The van der Waals surface area contributed by atoms with E-state index in [9.17, 15) is 24.5 Å². The van der Waals surface area contributed by atoms with Gasteiger partial charge >= 0.3 is 0 Å². The van der Waals surface area contributed by atoms with Crippen LogP contribution >= 0.6 is 0 Å². The monoisotopic (exact) mass is 402 g/mol. The van der Waals surface area contributed by atoms with Gasteiger partial charge in [-0.3, -0.25) is 4.79 Å². The molecule has 2 aromatic rings. The normalized spacial score (nSPS) is 16.0. The summed E-state index contributed by atoms with van der Waals surface area (Å²) in [6, 6.07) is 9.50. The second-order valence-corrected chi connectivity index (χ2v) is 7.39. The number of aliphatic hydroxyl groups excluding tert-OH is 1. The summed E-state index contributed by atoms with van der Waals surface area (Å²) in [5, 5.41) is 33.2. The molecule has 1 amide bonds. The van der Waals surface area contributed by atoms with E-state index in [2.05, 4.69) is 5.32 Å². The molecule has 6 nitrogen and oxygen atoms in total. The van der Waals surface area contributed by atoms with Gasteiger partial charge in [0, 0.05) is 13.1 Å². The lowest BCUT2D eigenvalue weighted by atomic mass is 10.00. The standard InChI is InChI=1S/C22H27FN2O4/c23-17-8-5-15(6-9-17)4-3-11-24-20(22(29)25-12-1-2-13-25)21(28)16-7-10-18(26)19(27)14-16/h5-10,14,20-21,24,26-28H,1-4,11-13H2. The molecule has 7 heteroatoms. The fourth-order valence-corrected chi connectivity index (χ4v) is 3.59. The van der Waals surface area contributed by atoms with Gasteiger partial charge in [0.2, 0.25) is 5.91 Å². The number of carbonyl (C=O) groups excluding carboxylic acids is 1. The number of hydrogen-bond acceptors (Lipinski definition) is 5. The average molecular weight is 402 g/mol. The minimum Gasteiger partial charge on any atom is -0.504 e. The highest BCUT2D eigenvalue weighted by Crippen LogP contribution is 2.29. The summed E-state index contributed by atoms with van der Waals surface area (Å²) in [7, 11) is 0. The van der Waals surface area contributed by atoms with Gasteiger partial charge in [-0.2, -0.15) is 0 Å². The van der Waals surface area contributed by atoms with E-state index in [1.54, 1.807) is 17.0 Å². The molecule has 0 bridgehead atoms. The van der Waals surface area contributed by atoms with Gasteiger partial charge in [0.1, 0.15) is 18.0 Å². The molecule has 3 rings (SSSR count). The van der Waals surface area contributed by atoms with E-state index in [0.717, 1.165) is 18.4 Å². The predicted molar refractivity (Wildman–Crippen MR) is 107 cm³/mol. The first-order valence-electron chi connectivity index (χ1n) is 9.92. The summed E-state index contributed by atoms with van der Waals surface area (Å²) in [6.45, 7) is 1.82. The van der Waals surface area contributed by atoms with Crippen molar-refractivity contribution in [2.45, 2.75) is 37.8 Å². The first-order chi connectivity index (χ1) is 14.0. The van der Waals surface area contributed by atoms with Crippen LogP contribution in [-0.2, 0) is 11.2 Å². The molecule has 2 aromatic carbocycles.